The highest BCUT2D eigenvalue weighted by molar-refractivity contribution is 8.00. The van der Waals surface area contributed by atoms with Crippen molar-refractivity contribution in [2.75, 3.05) is 13.2 Å². The van der Waals surface area contributed by atoms with Crippen LogP contribution in [0.2, 0.25) is 0 Å². The summed E-state index contributed by atoms with van der Waals surface area (Å²) < 4.78 is 0. The minimum absolute atomic E-state index is 0.186. The average Bonchev–Trinajstić information content (AvgIpc) is 2.29. The van der Waals surface area contributed by atoms with Crippen LogP contribution in [0.15, 0.2) is 0 Å². The van der Waals surface area contributed by atoms with Gasteiger partial charge in [0, 0.05) is 10.5 Å². The van der Waals surface area contributed by atoms with Gasteiger partial charge in [-0.3, -0.25) is 4.79 Å². The molecule has 100 valence electrons. The summed E-state index contributed by atoms with van der Waals surface area (Å²) in [7, 11) is 0. The van der Waals surface area contributed by atoms with E-state index in [0.717, 1.165) is 32.2 Å². The maximum atomic E-state index is 11.7. The molecule has 1 aliphatic rings. The summed E-state index contributed by atoms with van der Waals surface area (Å²) in [4.78, 5) is 11.7. The molecule has 0 spiro atoms. The summed E-state index contributed by atoms with van der Waals surface area (Å²) in [6.07, 6.45) is 3.74. The van der Waals surface area contributed by atoms with Crippen LogP contribution < -0.4 is 11.1 Å². The standard InChI is InChI=1S/C12H24N2O2S/c1-3-14-12(11(13)16)6-4-5-10(7-12)17-9(2)8-15/h9-10,14-15H,3-8H2,1-2H3,(H2,13,16). The van der Waals surface area contributed by atoms with E-state index in [1.54, 1.807) is 11.8 Å². The maximum Gasteiger partial charge on any atom is 0.237 e. The molecule has 0 aromatic heterocycles. The largest absolute Gasteiger partial charge is 0.395 e. The summed E-state index contributed by atoms with van der Waals surface area (Å²) in [6.45, 7) is 4.96. The van der Waals surface area contributed by atoms with Crippen molar-refractivity contribution in [2.45, 2.75) is 55.6 Å². The molecule has 1 fully saturated rings. The van der Waals surface area contributed by atoms with Crippen LogP contribution in [0, 0.1) is 0 Å². The smallest absolute Gasteiger partial charge is 0.237 e. The Hall–Kier alpha value is -0.260. The first-order valence-electron chi connectivity index (χ1n) is 6.35. The molecular weight excluding hydrogens is 236 g/mol. The number of carbonyl (C=O) groups is 1. The lowest BCUT2D eigenvalue weighted by Gasteiger charge is -2.39. The third kappa shape index (κ3) is 3.86. The van der Waals surface area contributed by atoms with Crippen LogP contribution in [0.5, 0.6) is 0 Å². The van der Waals surface area contributed by atoms with Crippen molar-refractivity contribution in [2.24, 2.45) is 5.73 Å². The maximum absolute atomic E-state index is 11.7. The molecule has 0 aliphatic heterocycles. The molecule has 5 heteroatoms. The van der Waals surface area contributed by atoms with Crippen molar-refractivity contribution >= 4 is 17.7 Å². The van der Waals surface area contributed by atoms with Crippen molar-refractivity contribution in [3.05, 3.63) is 0 Å². The third-order valence-corrected chi connectivity index (χ3v) is 4.78. The third-order valence-electron chi connectivity index (χ3n) is 3.37. The number of amides is 1. The number of primary amides is 1. The lowest BCUT2D eigenvalue weighted by molar-refractivity contribution is -0.125. The second-order valence-corrected chi connectivity index (χ2v) is 6.57. The normalized spacial score (nSPS) is 31.1. The van der Waals surface area contributed by atoms with Gasteiger partial charge >= 0.3 is 0 Å². The summed E-state index contributed by atoms with van der Waals surface area (Å²) in [6, 6.07) is 0. The molecule has 0 saturated heterocycles. The molecule has 0 aromatic rings. The zero-order valence-corrected chi connectivity index (χ0v) is 11.6. The summed E-state index contributed by atoms with van der Waals surface area (Å²) in [5.41, 5.74) is 5.03. The molecule has 1 amide bonds. The van der Waals surface area contributed by atoms with E-state index in [-0.39, 0.29) is 17.8 Å². The fourth-order valence-corrected chi connectivity index (χ4v) is 3.95. The molecule has 0 bridgehead atoms. The molecular formula is C12H24N2O2S. The zero-order chi connectivity index (χ0) is 12.9. The zero-order valence-electron chi connectivity index (χ0n) is 10.7. The molecule has 0 heterocycles. The van der Waals surface area contributed by atoms with Crippen molar-refractivity contribution < 1.29 is 9.90 Å². The number of nitrogens with one attached hydrogen (secondary N) is 1. The second-order valence-electron chi connectivity index (χ2n) is 4.82. The molecule has 1 saturated carbocycles. The van der Waals surface area contributed by atoms with Gasteiger partial charge in [0.25, 0.3) is 0 Å². The fraction of sp³-hybridized carbons (Fsp3) is 0.917. The number of thioether (sulfide) groups is 1. The average molecular weight is 260 g/mol. The topological polar surface area (TPSA) is 75.3 Å². The number of hydrogen-bond acceptors (Lipinski definition) is 4. The van der Waals surface area contributed by atoms with Crippen molar-refractivity contribution in [1.29, 1.82) is 0 Å². The van der Waals surface area contributed by atoms with Crippen LogP contribution in [0.1, 0.15) is 39.5 Å². The van der Waals surface area contributed by atoms with Crippen LogP contribution in [-0.4, -0.2) is 40.2 Å². The Morgan fingerprint density at radius 1 is 1.71 bits per heavy atom. The molecule has 1 rings (SSSR count). The monoisotopic (exact) mass is 260 g/mol. The summed E-state index contributed by atoms with van der Waals surface area (Å²) in [5.74, 6) is -0.235. The number of rotatable bonds is 6. The van der Waals surface area contributed by atoms with Gasteiger partial charge in [-0.1, -0.05) is 13.8 Å². The van der Waals surface area contributed by atoms with E-state index in [4.69, 9.17) is 10.8 Å². The highest BCUT2D eigenvalue weighted by atomic mass is 32.2. The lowest BCUT2D eigenvalue weighted by atomic mass is 9.80. The van der Waals surface area contributed by atoms with E-state index in [2.05, 4.69) is 5.32 Å². The van der Waals surface area contributed by atoms with E-state index in [1.807, 2.05) is 13.8 Å². The second kappa shape index (κ2) is 6.61. The predicted molar refractivity (Wildman–Crippen MR) is 72.0 cm³/mol. The van der Waals surface area contributed by atoms with E-state index in [9.17, 15) is 4.79 Å². The Kier molecular flexibility index (Phi) is 5.76. The summed E-state index contributed by atoms with van der Waals surface area (Å²) in [5, 5.41) is 13.0. The highest BCUT2D eigenvalue weighted by Crippen LogP contribution is 2.36. The molecule has 3 unspecified atom stereocenters. The van der Waals surface area contributed by atoms with Gasteiger partial charge in [0.15, 0.2) is 0 Å². The SMILES string of the molecule is CCNC1(C(N)=O)CCCC(SC(C)CO)C1. The van der Waals surface area contributed by atoms with E-state index in [1.165, 1.54) is 0 Å². The molecule has 4 nitrogen and oxygen atoms in total. The van der Waals surface area contributed by atoms with Crippen molar-refractivity contribution in [3.8, 4) is 0 Å². The molecule has 17 heavy (non-hydrogen) atoms. The van der Waals surface area contributed by atoms with Gasteiger partial charge in [0.05, 0.1) is 12.1 Å². The van der Waals surface area contributed by atoms with Crippen LogP contribution in [-0.2, 0) is 4.79 Å². The van der Waals surface area contributed by atoms with Crippen LogP contribution >= 0.6 is 11.8 Å². The Morgan fingerprint density at radius 3 is 2.94 bits per heavy atom. The van der Waals surface area contributed by atoms with Gasteiger partial charge in [0.1, 0.15) is 0 Å². The van der Waals surface area contributed by atoms with Crippen molar-refractivity contribution in [3.63, 3.8) is 0 Å². The van der Waals surface area contributed by atoms with E-state index in [0.29, 0.717) is 5.25 Å². The minimum Gasteiger partial charge on any atom is -0.395 e. The van der Waals surface area contributed by atoms with Crippen LogP contribution in [0.25, 0.3) is 0 Å². The first kappa shape index (κ1) is 14.8. The van der Waals surface area contributed by atoms with Gasteiger partial charge in [-0.2, -0.15) is 11.8 Å². The number of aliphatic hydroxyl groups is 1. The number of likely N-dealkylation sites (N-methyl/N-ethyl adjacent to an activating group) is 1. The Bertz CT molecular complexity index is 259. The minimum atomic E-state index is -0.528. The fourth-order valence-electron chi connectivity index (χ4n) is 2.52. The first-order valence-corrected chi connectivity index (χ1v) is 7.29. The predicted octanol–water partition coefficient (Wildman–Crippen LogP) is 0.877. The van der Waals surface area contributed by atoms with Gasteiger partial charge in [-0.25, -0.2) is 0 Å². The number of aliphatic hydroxyl groups excluding tert-OH is 1. The molecule has 3 atom stereocenters. The van der Waals surface area contributed by atoms with Crippen LogP contribution in [0.4, 0.5) is 0 Å². The Morgan fingerprint density at radius 2 is 2.41 bits per heavy atom. The quantitative estimate of drug-likeness (QED) is 0.662. The Labute approximate surface area is 108 Å². The first-order chi connectivity index (χ1) is 8.04. The number of carbonyl (C=O) groups excluding carboxylic acids is 1. The van der Waals surface area contributed by atoms with Gasteiger partial charge in [-0.15, -0.1) is 0 Å². The Balaban J connectivity index is 2.64. The van der Waals surface area contributed by atoms with Gasteiger partial charge in [0.2, 0.25) is 5.91 Å². The molecule has 0 radical (unpaired) electrons. The van der Waals surface area contributed by atoms with Gasteiger partial charge in [-0.05, 0) is 32.2 Å². The lowest BCUT2D eigenvalue weighted by Crippen LogP contribution is -2.58. The van der Waals surface area contributed by atoms with E-state index >= 15 is 0 Å². The number of nitrogens with two attached hydrogens (primary N) is 1. The number of hydrogen-bond donors (Lipinski definition) is 3. The van der Waals surface area contributed by atoms with E-state index < -0.39 is 5.54 Å². The molecule has 4 N–H and O–H groups in total. The highest BCUT2D eigenvalue weighted by Gasteiger charge is 2.41. The van der Waals surface area contributed by atoms with Crippen LogP contribution in [0.3, 0.4) is 0 Å². The summed E-state index contributed by atoms with van der Waals surface area (Å²) >= 11 is 1.77. The van der Waals surface area contributed by atoms with Crippen molar-refractivity contribution in [1.82, 2.24) is 5.32 Å². The molecule has 1 aliphatic carbocycles. The van der Waals surface area contributed by atoms with Gasteiger partial charge < -0.3 is 16.2 Å². The molecule has 0 aromatic carbocycles.